The number of piperidine rings is 1. The molecule has 7 heteroatoms. The van der Waals surface area contributed by atoms with Crippen molar-refractivity contribution in [2.24, 2.45) is 0 Å². The second kappa shape index (κ2) is 8.80. The normalized spacial score (nSPS) is 19.5. The number of likely N-dealkylation sites (N-methyl/N-ethyl adjacent to an activating group) is 1. The SMILES string of the molecule is CN(C(=O)c1ccc(Cl)cc1)[C@@H]1CCNC[C@H]1c1ccc(F)c(F)c1.Cl. The van der Waals surface area contributed by atoms with Gasteiger partial charge in [-0.1, -0.05) is 17.7 Å². The minimum Gasteiger partial charge on any atom is -0.338 e. The quantitative estimate of drug-likeness (QED) is 0.834. The van der Waals surface area contributed by atoms with E-state index < -0.39 is 11.6 Å². The molecule has 0 spiro atoms. The maximum atomic E-state index is 13.6. The first-order valence-corrected chi connectivity index (χ1v) is 8.53. The molecule has 1 aliphatic heterocycles. The predicted octanol–water partition coefficient (Wildman–Crippen LogP) is 4.26. The average molecular weight is 401 g/mol. The molecular weight excluding hydrogens is 381 g/mol. The molecule has 3 nitrogen and oxygen atoms in total. The lowest BCUT2D eigenvalue weighted by Crippen LogP contribution is -2.49. The molecule has 2 aromatic carbocycles. The van der Waals surface area contributed by atoms with Gasteiger partial charge in [0.15, 0.2) is 11.6 Å². The van der Waals surface area contributed by atoms with Crippen molar-refractivity contribution < 1.29 is 13.6 Å². The van der Waals surface area contributed by atoms with E-state index in [4.69, 9.17) is 11.6 Å². The van der Waals surface area contributed by atoms with Crippen molar-refractivity contribution in [3.8, 4) is 0 Å². The molecule has 0 saturated carbocycles. The molecule has 0 unspecified atom stereocenters. The maximum absolute atomic E-state index is 13.6. The lowest BCUT2D eigenvalue weighted by Gasteiger charge is -2.38. The number of rotatable bonds is 3. The molecule has 0 radical (unpaired) electrons. The average Bonchev–Trinajstić information content (AvgIpc) is 2.63. The molecule has 2 atom stereocenters. The van der Waals surface area contributed by atoms with E-state index in [0.29, 0.717) is 22.7 Å². The summed E-state index contributed by atoms with van der Waals surface area (Å²) in [5.74, 6) is -1.95. The van der Waals surface area contributed by atoms with Crippen molar-refractivity contribution in [2.45, 2.75) is 18.4 Å². The monoisotopic (exact) mass is 400 g/mol. The fourth-order valence-electron chi connectivity index (χ4n) is 3.34. The molecule has 0 aliphatic carbocycles. The molecule has 1 N–H and O–H groups in total. The summed E-state index contributed by atoms with van der Waals surface area (Å²) in [6.45, 7) is 1.37. The highest BCUT2D eigenvalue weighted by atomic mass is 35.5. The Balaban J connectivity index is 0.00000243. The molecule has 1 heterocycles. The Morgan fingerprint density at radius 3 is 2.50 bits per heavy atom. The van der Waals surface area contributed by atoms with Crippen LogP contribution in [-0.4, -0.2) is 37.0 Å². The van der Waals surface area contributed by atoms with Crippen LogP contribution in [0, 0.1) is 11.6 Å². The van der Waals surface area contributed by atoms with Crippen molar-refractivity contribution in [3.63, 3.8) is 0 Å². The summed E-state index contributed by atoms with van der Waals surface area (Å²) in [6, 6.07) is 10.6. The molecule has 140 valence electrons. The highest BCUT2D eigenvalue weighted by molar-refractivity contribution is 6.30. The summed E-state index contributed by atoms with van der Waals surface area (Å²) >= 11 is 5.88. The second-order valence-electron chi connectivity index (χ2n) is 6.26. The summed E-state index contributed by atoms with van der Waals surface area (Å²) in [4.78, 5) is 14.5. The number of hydrogen-bond acceptors (Lipinski definition) is 2. The number of carbonyl (C=O) groups is 1. The fraction of sp³-hybridized carbons (Fsp3) is 0.316. The first-order chi connectivity index (χ1) is 12.0. The molecule has 0 bridgehead atoms. The zero-order chi connectivity index (χ0) is 18.0. The Bertz CT molecular complexity index is 771. The number of nitrogens with one attached hydrogen (secondary N) is 1. The third kappa shape index (κ3) is 4.34. The number of amides is 1. The van der Waals surface area contributed by atoms with Gasteiger partial charge in [-0.15, -0.1) is 12.4 Å². The van der Waals surface area contributed by atoms with Gasteiger partial charge in [-0.2, -0.15) is 0 Å². The lowest BCUT2D eigenvalue weighted by atomic mass is 9.85. The number of benzene rings is 2. The Hall–Kier alpha value is -1.69. The standard InChI is InChI=1S/C19H19ClF2N2O.ClH/c1-24(19(25)12-2-5-14(20)6-3-12)18-8-9-23-11-15(18)13-4-7-16(21)17(22)10-13;/h2-7,10,15,18,23H,8-9,11H2,1H3;1H/t15-,18+;/m0./s1. The van der Waals surface area contributed by atoms with Crippen molar-refractivity contribution in [1.29, 1.82) is 0 Å². The van der Waals surface area contributed by atoms with Crippen LogP contribution < -0.4 is 5.32 Å². The van der Waals surface area contributed by atoms with Gasteiger partial charge in [0, 0.05) is 36.1 Å². The van der Waals surface area contributed by atoms with Crippen LogP contribution in [0.3, 0.4) is 0 Å². The number of carbonyl (C=O) groups excluding carboxylic acids is 1. The van der Waals surface area contributed by atoms with Crippen molar-refractivity contribution in [1.82, 2.24) is 10.2 Å². The topological polar surface area (TPSA) is 32.3 Å². The van der Waals surface area contributed by atoms with E-state index in [1.165, 1.54) is 6.07 Å². The van der Waals surface area contributed by atoms with Crippen LogP contribution in [-0.2, 0) is 0 Å². The summed E-state index contributed by atoms with van der Waals surface area (Å²) in [7, 11) is 1.75. The first kappa shape index (κ1) is 20.6. The van der Waals surface area contributed by atoms with Crippen LogP contribution in [0.5, 0.6) is 0 Å². The molecule has 0 aromatic heterocycles. The first-order valence-electron chi connectivity index (χ1n) is 8.16. The third-order valence-electron chi connectivity index (χ3n) is 4.73. The minimum absolute atomic E-state index is 0. The van der Waals surface area contributed by atoms with Gasteiger partial charge in [-0.25, -0.2) is 8.78 Å². The molecule has 1 aliphatic rings. The summed E-state index contributed by atoms with van der Waals surface area (Å²) in [6.07, 6.45) is 0.736. The predicted molar refractivity (Wildman–Crippen MR) is 101 cm³/mol. The van der Waals surface area contributed by atoms with Crippen LogP contribution >= 0.6 is 24.0 Å². The van der Waals surface area contributed by atoms with Gasteiger partial charge in [0.1, 0.15) is 0 Å². The Kier molecular flexibility index (Phi) is 6.98. The molecule has 1 amide bonds. The highest BCUT2D eigenvalue weighted by Gasteiger charge is 2.32. The zero-order valence-electron chi connectivity index (χ0n) is 14.2. The molecule has 26 heavy (non-hydrogen) atoms. The summed E-state index contributed by atoms with van der Waals surface area (Å²) in [5.41, 5.74) is 1.24. The van der Waals surface area contributed by atoms with Crippen molar-refractivity contribution in [2.75, 3.05) is 20.1 Å². The largest absolute Gasteiger partial charge is 0.338 e. The summed E-state index contributed by atoms with van der Waals surface area (Å²) < 4.78 is 26.9. The smallest absolute Gasteiger partial charge is 0.253 e. The van der Waals surface area contributed by atoms with Crippen LogP contribution in [0.15, 0.2) is 42.5 Å². The van der Waals surface area contributed by atoms with Crippen LogP contribution in [0.4, 0.5) is 8.78 Å². The number of nitrogens with zero attached hydrogens (tertiary/aromatic N) is 1. The Labute approximate surface area is 162 Å². The Morgan fingerprint density at radius 2 is 1.85 bits per heavy atom. The third-order valence-corrected chi connectivity index (χ3v) is 4.98. The minimum atomic E-state index is -0.867. The van der Waals surface area contributed by atoms with E-state index in [-0.39, 0.29) is 30.3 Å². The molecule has 2 aromatic rings. The van der Waals surface area contributed by atoms with Crippen LogP contribution in [0.1, 0.15) is 28.3 Å². The van der Waals surface area contributed by atoms with Crippen LogP contribution in [0.25, 0.3) is 0 Å². The zero-order valence-corrected chi connectivity index (χ0v) is 15.8. The molecule has 1 saturated heterocycles. The van der Waals surface area contributed by atoms with E-state index >= 15 is 0 Å². The van der Waals surface area contributed by atoms with E-state index in [2.05, 4.69) is 5.32 Å². The van der Waals surface area contributed by atoms with E-state index in [1.807, 2.05) is 0 Å². The Morgan fingerprint density at radius 1 is 1.15 bits per heavy atom. The van der Waals surface area contributed by atoms with E-state index in [0.717, 1.165) is 19.0 Å². The summed E-state index contributed by atoms with van der Waals surface area (Å²) in [5, 5.41) is 3.84. The van der Waals surface area contributed by atoms with Gasteiger partial charge >= 0.3 is 0 Å². The van der Waals surface area contributed by atoms with Gasteiger partial charge in [0.25, 0.3) is 5.91 Å². The van der Waals surface area contributed by atoms with Gasteiger partial charge in [-0.3, -0.25) is 4.79 Å². The maximum Gasteiger partial charge on any atom is 0.253 e. The van der Waals surface area contributed by atoms with E-state index in [9.17, 15) is 13.6 Å². The van der Waals surface area contributed by atoms with Gasteiger partial charge in [0.05, 0.1) is 0 Å². The molecular formula is C19H20Cl2F2N2O. The second-order valence-corrected chi connectivity index (χ2v) is 6.70. The van der Waals surface area contributed by atoms with Crippen molar-refractivity contribution >= 4 is 29.9 Å². The highest BCUT2D eigenvalue weighted by Crippen LogP contribution is 2.29. The molecule has 3 rings (SSSR count). The van der Waals surface area contributed by atoms with Gasteiger partial charge in [0.2, 0.25) is 0 Å². The number of hydrogen-bond donors (Lipinski definition) is 1. The van der Waals surface area contributed by atoms with Crippen LogP contribution in [0.2, 0.25) is 5.02 Å². The number of halogens is 4. The van der Waals surface area contributed by atoms with Gasteiger partial charge in [-0.05, 0) is 54.9 Å². The fourth-order valence-corrected chi connectivity index (χ4v) is 3.46. The van der Waals surface area contributed by atoms with E-state index in [1.54, 1.807) is 42.3 Å². The molecule has 1 fully saturated rings. The lowest BCUT2D eigenvalue weighted by molar-refractivity contribution is 0.0679. The van der Waals surface area contributed by atoms with Gasteiger partial charge < -0.3 is 10.2 Å². The van der Waals surface area contributed by atoms with Crippen molar-refractivity contribution in [3.05, 3.63) is 70.2 Å².